The van der Waals surface area contributed by atoms with Crippen LogP contribution in [-0.4, -0.2) is 13.4 Å². The topological polar surface area (TPSA) is 59.1 Å². The third-order valence-electron chi connectivity index (χ3n) is 2.19. The first-order valence-electron chi connectivity index (χ1n) is 4.98. The van der Waals surface area contributed by atoms with Gasteiger partial charge in [-0.15, -0.1) is 0 Å². The first-order valence-corrected chi connectivity index (χ1v) is 7.64. The predicted octanol–water partition coefficient (Wildman–Crippen LogP) is 3.44. The van der Waals surface area contributed by atoms with Crippen LogP contribution in [0.3, 0.4) is 0 Å². The zero-order valence-corrected chi connectivity index (χ0v) is 12.4. The molecule has 0 spiro atoms. The van der Waals surface area contributed by atoms with Crippen LogP contribution < -0.4 is 4.72 Å². The van der Waals surface area contributed by atoms with Gasteiger partial charge in [0.1, 0.15) is 15.9 Å². The van der Waals surface area contributed by atoms with Crippen LogP contribution in [0.15, 0.2) is 45.9 Å². The molecule has 1 N–H and O–H groups in total. The van der Waals surface area contributed by atoms with Gasteiger partial charge in [-0.25, -0.2) is 17.8 Å². The maximum atomic E-state index is 13.1. The third-order valence-corrected chi connectivity index (χ3v) is 4.69. The zero-order valence-electron chi connectivity index (χ0n) is 9.27. The lowest BCUT2D eigenvalue weighted by Gasteiger charge is -2.10. The van der Waals surface area contributed by atoms with Crippen molar-refractivity contribution in [1.29, 1.82) is 0 Å². The van der Waals surface area contributed by atoms with Gasteiger partial charge in [-0.3, -0.25) is 4.72 Å². The van der Waals surface area contributed by atoms with Crippen LogP contribution in [0.25, 0.3) is 0 Å². The molecule has 0 fully saturated rings. The summed E-state index contributed by atoms with van der Waals surface area (Å²) in [7, 11) is -3.92. The Hall–Kier alpha value is -1.18. The van der Waals surface area contributed by atoms with Gasteiger partial charge in [0.15, 0.2) is 0 Å². The molecule has 0 saturated carbocycles. The van der Waals surface area contributed by atoms with Gasteiger partial charge in [0.05, 0.1) is 5.69 Å². The molecule has 1 aromatic carbocycles. The predicted molar refractivity (Wildman–Crippen MR) is 74.2 cm³/mol. The number of sulfonamides is 1. The van der Waals surface area contributed by atoms with Crippen molar-refractivity contribution in [2.24, 2.45) is 0 Å². The Morgan fingerprint density at radius 2 is 2.05 bits per heavy atom. The molecule has 1 heterocycles. The van der Waals surface area contributed by atoms with E-state index < -0.39 is 15.8 Å². The summed E-state index contributed by atoms with van der Waals surface area (Å²) in [5.41, 5.74) is 0.0833. The highest BCUT2D eigenvalue weighted by Crippen LogP contribution is 2.27. The molecule has 8 heteroatoms. The minimum absolute atomic E-state index is 0.0833. The molecule has 0 aliphatic carbocycles. The fourth-order valence-electron chi connectivity index (χ4n) is 1.35. The van der Waals surface area contributed by atoms with Crippen molar-refractivity contribution < 1.29 is 12.8 Å². The van der Waals surface area contributed by atoms with E-state index in [2.05, 4.69) is 25.6 Å². The van der Waals surface area contributed by atoms with Gasteiger partial charge in [-0.05, 0) is 46.3 Å². The minimum atomic E-state index is -3.92. The van der Waals surface area contributed by atoms with Crippen LogP contribution in [0.2, 0.25) is 5.15 Å². The molecule has 2 aromatic rings. The Morgan fingerprint density at radius 3 is 2.74 bits per heavy atom. The van der Waals surface area contributed by atoms with Crippen molar-refractivity contribution in [2.45, 2.75) is 4.90 Å². The highest BCUT2D eigenvalue weighted by atomic mass is 79.9. The molecule has 100 valence electrons. The smallest absolute Gasteiger partial charge is 0.265 e. The van der Waals surface area contributed by atoms with Crippen molar-refractivity contribution in [1.82, 2.24) is 4.98 Å². The summed E-state index contributed by atoms with van der Waals surface area (Å²) >= 11 is 8.86. The summed E-state index contributed by atoms with van der Waals surface area (Å²) in [6.07, 6.45) is 1.37. The fraction of sp³-hybridized carbons (Fsp3) is 0. The summed E-state index contributed by atoms with van der Waals surface area (Å²) in [5.74, 6) is -0.557. The Kier molecular flexibility index (Phi) is 4.07. The lowest BCUT2D eigenvalue weighted by atomic mass is 10.3. The second-order valence-electron chi connectivity index (χ2n) is 3.52. The molecule has 0 aliphatic heterocycles. The van der Waals surface area contributed by atoms with E-state index in [-0.39, 0.29) is 15.7 Å². The molecule has 0 amide bonds. The number of hydrogen-bond acceptors (Lipinski definition) is 3. The lowest BCUT2D eigenvalue weighted by Crippen LogP contribution is -2.14. The average Bonchev–Trinajstić information content (AvgIpc) is 2.34. The van der Waals surface area contributed by atoms with Crippen LogP contribution in [0.4, 0.5) is 10.1 Å². The van der Waals surface area contributed by atoms with E-state index in [0.717, 1.165) is 6.07 Å². The molecular weight excluding hydrogens is 359 g/mol. The number of aromatic nitrogens is 1. The third kappa shape index (κ3) is 3.23. The SMILES string of the molecule is O=S(=O)(Nc1cc(F)ccc1Br)c1cccnc1Cl. The number of nitrogens with zero attached hydrogens (tertiary/aromatic N) is 1. The second kappa shape index (κ2) is 5.44. The van der Waals surface area contributed by atoms with E-state index in [1.165, 1.54) is 30.5 Å². The first kappa shape index (κ1) is 14.2. The Bertz CT molecular complexity index is 724. The molecule has 0 atom stereocenters. The van der Waals surface area contributed by atoms with Gasteiger partial charge in [0.2, 0.25) is 0 Å². The number of hydrogen-bond donors (Lipinski definition) is 1. The summed E-state index contributed by atoms with van der Waals surface area (Å²) in [6.45, 7) is 0. The van der Waals surface area contributed by atoms with E-state index >= 15 is 0 Å². The number of rotatable bonds is 3. The van der Waals surface area contributed by atoms with Crippen molar-refractivity contribution in [3.8, 4) is 0 Å². The summed E-state index contributed by atoms with van der Waals surface area (Å²) in [6, 6.07) is 6.43. The summed E-state index contributed by atoms with van der Waals surface area (Å²) in [5, 5.41) is -0.150. The fourth-order valence-corrected chi connectivity index (χ4v) is 3.35. The Labute approximate surface area is 122 Å². The molecule has 0 radical (unpaired) electrons. The summed E-state index contributed by atoms with van der Waals surface area (Å²) < 4.78 is 40.0. The van der Waals surface area contributed by atoms with Crippen LogP contribution in [-0.2, 0) is 10.0 Å². The van der Waals surface area contributed by atoms with Gasteiger partial charge < -0.3 is 0 Å². The second-order valence-corrected chi connectivity index (χ2v) is 6.39. The standard InChI is InChI=1S/C11H7BrClFN2O2S/c12-8-4-3-7(14)6-9(8)16-19(17,18)10-2-1-5-15-11(10)13/h1-6,16H. The molecule has 0 bridgehead atoms. The highest BCUT2D eigenvalue weighted by Gasteiger charge is 2.19. The van der Waals surface area contributed by atoms with Gasteiger partial charge in [-0.2, -0.15) is 0 Å². The molecule has 0 aliphatic rings. The number of anilines is 1. The maximum Gasteiger partial charge on any atom is 0.265 e. The normalized spacial score (nSPS) is 11.3. The zero-order chi connectivity index (χ0) is 14.0. The average molecular weight is 366 g/mol. The van der Waals surface area contributed by atoms with E-state index in [1.807, 2.05) is 0 Å². The molecule has 19 heavy (non-hydrogen) atoms. The van der Waals surface area contributed by atoms with E-state index in [0.29, 0.717) is 4.47 Å². The quantitative estimate of drug-likeness (QED) is 0.848. The van der Waals surface area contributed by atoms with Crippen LogP contribution in [0.1, 0.15) is 0 Å². The Morgan fingerprint density at radius 1 is 1.32 bits per heavy atom. The number of nitrogens with one attached hydrogen (secondary N) is 1. The van der Waals surface area contributed by atoms with Crippen molar-refractivity contribution >= 4 is 43.2 Å². The maximum absolute atomic E-state index is 13.1. The lowest BCUT2D eigenvalue weighted by molar-refractivity contribution is 0.600. The van der Waals surface area contributed by atoms with Crippen LogP contribution >= 0.6 is 27.5 Å². The van der Waals surface area contributed by atoms with Gasteiger partial charge >= 0.3 is 0 Å². The van der Waals surface area contributed by atoms with Crippen LogP contribution in [0, 0.1) is 5.82 Å². The van der Waals surface area contributed by atoms with E-state index in [1.54, 1.807) is 0 Å². The Balaban J connectivity index is 2.43. The molecule has 0 saturated heterocycles. The number of halogens is 3. The largest absolute Gasteiger partial charge is 0.278 e. The van der Waals surface area contributed by atoms with E-state index in [9.17, 15) is 12.8 Å². The molecule has 2 rings (SSSR count). The minimum Gasteiger partial charge on any atom is -0.278 e. The van der Waals surface area contributed by atoms with Crippen molar-refractivity contribution in [2.75, 3.05) is 4.72 Å². The monoisotopic (exact) mass is 364 g/mol. The molecular formula is C11H7BrClFN2O2S. The van der Waals surface area contributed by atoms with E-state index in [4.69, 9.17) is 11.6 Å². The first-order chi connectivity index (χ1) is 8.90. The van der Waals surface area contributed by atoms with Gasteiger partial charge in [0, 0.05) is 10.7 Å². The number of benzene rings is 1. The van der Waals surface area contributed by atoms with Gasteiger partial charge in [0.25, 0.3) is 10.0 Å². The number of pyridine rings is 1. The molecule has 0 unspecified atom stereocenters. The molecule has 1 aromatic heterocycles. The van der Waals surface area contributed by atoms with Gasteiger partial charge in [-0.1, -0.05) is 11.6 Å². The molecule has 4 nitrogen and oxygen atoms in total. The summed E-state index contributed by atoms with van der Waals surface area (Å²) in [4.78, 5) is 3.51. The highest BCUT2D eigenvalue weighted by molar-refractivity contribution is 9.10. The van der Waals surface area contributed by atoms with Crippen LogP contribution in [0.5, 0.6) is 0 Å². The van der Waals surface area contributed by atoms with Crippen molar-refractivity contribution in [3.63, 3.8) is 0 Å². The van der Waals surface area contributed by atoms with Crippen molar-refractivity contribution in [3.05, 3.63) is 52.0 Å².